The van der Waals surface area contributed by atoms with E-state index in [0.717, 1.165) is 13.0 Å². The molecule has 2 atom stereocenters. The lowest BCUT2D eigenvalue weighted by Gasteiger charge is -2.41. The molecule has 1 aromatic carbocycles. The lowest BCUT2D eigenvalue weighted by molar-refractivity contribution is -0.142. The number of fused-ring (bicyclic) bond motifs is 1. The van der Waals surface area contributed by atoms with Gasteiger partial charge in [0, 0.05) is 0 Å². The number of nitrogens with zero attached hydrogens (tertiary/aromatic N) is 1. The quantitative estimate of drug-likeness (QED) is 0.521. The fraction of sp³-hybridized carbons (Fsp3) is 0.556. The maximum Gasteiger partial charge on any atom is 0.430 e. The molecule has 0 aromatic heterocycles. The molecule has 2 fully saturated rings. The number of aromatic carboxylic acids is 1. The van der Waals surface area contributed by atoms with E-state index >= 15 is 0 Å². The second-order valence-corrected chi connectivity index (χ2v) is 8.03. The molecule has 0 unspecified atom stereocenters. The van der Waals surface area contributed by atoms with Crippen LogP contribution in [0.1, 0.15) is 29.3 Å². The van der Waals surface area contributed by atoms with Gasteiger partial charge in [-0.3, -0.25) is 4.79 Å². The van der Waals surface area contributed by atoms with E-state index < -0.39 is 12.7 Å². The molecule has 28 heavy (non-hydrogen) atoms. The van der Waals surface area contributed by atoms with Crippen molar-refractivity contribution in [3.05, 3.63) is 23.3 Å². The number of rotatable bonds is 4. The molecule has 0 radical (unpaired) electrons. The number of ether oxygens (including phenoxy) is 1. The summed E-state index contributed by atoms with van der Waals surface area (Å²) in [4.78, 5) is 25.9. The van der Waals surface area contributed by atoms with Crippen LogP contribution in [0.3, 0.4) is 0 Å². The number of aryl methyl sites for hydroxylation is 1. The van der Waals surface area contributed by atoms with Crippen LogP contribution in [0.15, 0.2) is 12.1 Å². The smallest absolute Gasteiger partial charge is 0.430 e. The lowest BCUT2D eigenvalue weighted by Crippen LogP contribution is -2.59. The summed E-state index contributed by atoms with van der Waals surface area (Å²) in [6.45, 7) is 0.627. The predicted molar refractivity (Wildman–Crippen MR) is 99.3 cm³/mol. The Hall–Kier alpha value is -2.30. The van der Waals surface area contributed by atoms with Gasteiger partial charge in [-0.05, 0) is 36.9 Å². The zero-order valence-corrected chi connectivity index (χ0v) is 15.6. The van der Waals surface area contributed by atoms with Crippen LogP contribution < -0.4 is 14.7 Å². The predicted octanol–water partition coefficient (Wildman–Crippen LogP) is -0.169. The molecule has 4 N–H and O–H groups in total. The van der Waals surface area contributed by atoms with Crippen molar-refractivity contribution in [2.45, 2.75) is 38.2 Å². The summed E-state index contributed by atoms with van der Waals surface area (Å²) >= 11 is 0. The van der Waals surface area contributed by atoms with Gasteiger partial charge in [0.05, 0.1) is 24.9 Å². The highest BCUT2D eigenvalue weighted by Gasteiger charge is 2.39. The molecule has 3 aliphatic heterocycles. The van der Waals surface area contributed by atoms with E-state index in [1.165, 1.54) is 0 Å². The highest BCUT2D eigenvalue weighted by molar-refractivity contribution is 6.59. The summed E-state index contributed by atoms with van der Waals surface area (Å²) in [5, 5.41) is 32.4. The third kappa shape index (κ3) is 3.55. The fourth-order valence-electron chi connectivity index (χ4n) is 4.02. The molecular weight excluding hydrogens is 367 g/mol. The Bertz CT molecular complexity index is 809. The van der Waals surface area contributed by atoms with Crippen LogP contribution in [-0.4, -0.2) is 70.5 Å². The van der Waals surface area contributed by atoms with Crippen LogP contribution in [0.5, 0.6) is 11.5 Å². The van der Waals surface area contributed by atoms with Crippen LogP contribution in [0.25, 0.3) is 0 Å². The van der Waals surface area contributed by atoms with Crippen molar-refractivity contribution in [2.24, 2.45) is 5.92 Å². The summed E-state index contributed by atoms with van der Waals surface area (Å²) < 4.78 is 11.0. The first-order chi connectivity index (χ1) is 13.2. The molecule has 0 spiro atoms. The zero-order chi connectivity index (χ0) is 20.1. The Morgan fingerprint density at radius 3 is 2.71 bits per heavy atom. The summed E-state index contributed by atoms with van der Waals surface area (Å²) in [5.41, 5.74) is 0.375. The van der Waals surface area contributed by atoms with E-state index in [4.69, 9.17) is 9.39 Å². The maximum absolute atomic E-state index is 12.4. The Labute approximate surface area is 162 Å². The molecule has 3 aliphatic rings. The van der Waals surface area contributed by atoms with E-state index in [1.54, 1.807) is 17.0 Å². The summed E-state index contributed by atoms with van der Waals surface area (Å²) in [7, 11) is 0. The Morgan fingerprint density at radius 2 is 2.07 bits per heavy atom. The van der Waals surface area contributed by atoms with Gasteiger partial charge in [-0.2, -0.15) is 0 Å². The van der Waals surface area contributed by atoms with Crippen molar-refractivity contribution in [2.75, 3.05) is 19.6 Å². The van der Waals surface area contributed by atoms with Crippen molar-refractivity contribution >= 4 is 18.6 Å². The average molecular weight is 391 g/mol. The van der Waals surface area contributed by atoms with E-state index in [1.807, 2.05) is 0 Å². The Balaban J connectivity index is 1.45. The highest BCUT2D eigenvalue weighted by atomic mass is 16.6. The minimum Gasteiger partial charge on any atom is -0.669 e. The molecule has 4 rings (SSSR count). The number of hydrogen-bond acceptors (Lipinski definition) is 7. The molecule has 0 aliphatic carbocycles. The van der Waals surface area contributed by atoms with Gasteiger partial charge in [-0.15, -0.1) is 0 Å². The number of carboxylic acid groups (broad SMARTS) is 1. The van der Waals surface area contributed by atoms with Gasteiger partial charge < -0.3 is 34.8 Å². The topological polar surface area (TPSA) is 129 Å². The number of carbonyl (C=O) groups excluding carboxylic acids is 1. The fourth-order valence-corrected chi connectivity index (χ4v) is 4.02. The second-order valence-electron chi connectivity index (χ2n) is 8.03. The zero-order valence-electron chi connectivity index (χ0n) is 15.6. The van der Waals surface area contributed by atoms with Crippen LogP contribution in [0, 0.1) is 5.92 Å². The van der Waals surface area contributed by atoms with Gasteiger partial charge in [0.1, 0.15) is 17.4 Å². The van der Waals surface area contributed by atoms with E-state index in [0.29, 0.717) is 31.0 Å². The van der Waals surface area contributed by atoms with Crippen LogP contribution in [-0.2, 0) is 11.2 Å². The number of nitrogens with one attached hydrogen (secondary N) is 1. The average Bonchev–Trinajstić information content (AvgIpc) is 3.02. The van der Waals surface area contributed by atoms with Gasteiger partial charge in [-0.25, -0.2) is 4.79 Å². The van der Waals surface area contributed by atoms with Crippen molar-refractivity contribution in [1.82, 2.24) is 10.2 Å². The molecule has 10 heteroatoms. The van der Waals surface area contributed by atoms with Gasteiger partial charge in [0.2, 0.25) is 5.91 Å². The number of likely N-dealkylation sites (tertiary alicyclic amines) is 1. The van der Waals surface area contributed by atoms with Crippen molar-refractivity contribution < 1.29 is 34.1 Å². The molecule has 1 aromatic rings. The maximum atomic E-state index is 12.4. The molecule has 1 amide bonds. The summed E-state index contributed by atoms with van der Waals surface area (Å²) in [5.74, 6) is -0.703. The highest BCUT2D eigenvalue weighted by Crippen LogP contribution is 2.39. The third-order valence-corrected chi connectivity index (χ3v) is 5.61. The number of benzene rings is 1. The Kier molecular flexibility index (Phi) is 4.72. The summed E-state index contributed by atoms with van der Waals surface area (Å²) in [6, 6.07) is 3.07. The monoisotopic (exact) mass is 391 g/mol. The largest absolute Gasteiger partial charge is 0.669 e. The third-order valence-electron chi connectivity index (χ3n) is 5.61. The number of amides is 1. The van der Waals surface area contributed by atoms with Gasteiger partial charge in [0.25, 0.3) is 0 Å². The SMILES string of the molecule is C[C@@H]1CN[C@H](C(=O)N2CC(Oc3ccc4c(c3C(=O)O)O[B-](O)(O)CC4)C2)C1. The minimum atomic E-state index is -3.08. The van der Waals surface area contributed by atoms with E-state index in [-0.39, 0.29) is 41.4 Å². The molecule has 9 nitrogen and oxygen atoms in total. The standard InChI is InChI=1S/C18H24BN2O7/c1-10-6-13(20-7-10)17(22)21-8-12(9-21)27-14-3-2-11-4-5-19(25,26)28-16(11)15(14)18(23)24/h2-3,10,12-13,20,25-26H,4-9H2,1H3,(H,23,24)/q-1/t10-,13-/m0/s1. The molecule has 0 bridgehead atoms. The second kappa shape index (κ2) is 6.95. The van der Waals surface area contributed by atoms with Gasteiger partial charge in [0.15, 0.2) is 0 Å². The first-order valence-corrected chi connectivity index (χ1v) is 9.61. The van der Waals surface area contributed by atoms with E-state index in [9.17, 15) is 24.7 Å². The van der Waals surface area contributed by atoms with E-state index in [2.05, 4.69) is 12.2 Å². The van der Waals surface area contributed by atoms with Crippen molar-refractivity contribution in [1.29, 1.82) is 0 Å². The molecule has 2 saturated heterocycles. The van der Waals surface area contributed by atoms with Crippen LogP contribution >= 0.6 is 0 Å². The van der Waals surface area contributed by atoms with Gasteiger partial charge >= 0.3 is 12.7 Å². The first kappa shape index (κ1) is 19.0. The normalized spacial score (nSPS) is 26.2. The van der Waals surface area contributed by atoms with Crippen LogP contribution in [0.4, 0.5) is 0 Å². The summed E-state index contributed by atoms with van der Waals surface area (Å²) in [6.07, 6.45) is 0.820. The van der Waals surface area contributed by atoms with Gasteiger partial charge in [-0.1, -0.05) is 19.3 Å². The first-order valence-electron chi connectivity index (χ1n) is 9.61. The lowest BCUT2D eigenvalue weighted by atomic mass is 9.70. The number of carbonyl (C=O) groups is 2. The molecule has 3 heterocycles. The minimum absolute atomic E-state index is 0.0137. The molecule has 152 valence electrons. The number of carboxylic acids is 1. The van der Waals surface area contributed by atoms with Crippen molar-refractivity contribution in [3.8, 4) is 11.5 Å². The Morgan fingerprint density at radius 1 is 1.32 bits per heavy atom. The van der Waals surface area contributed by atoms with Crippen molar-refractivity contribution in [3.63, 3.8) is 0 Å². The van der Waals surface area contributed by atoms with Crippen LogP contribution in [0.2, 0.25) is 6.32 Å². The molecular formula is C18H24BN2O7-. The molecule has 0 saturated carbocycles. The number of hydrogen-bond donors (Lipinski definition) is 4.